The molecule has 0 radical (unpaired) electrons. The predicted octanol–water partition coefficient (Wildman–Crippen LogP) is 3.50. The Hall–Kier alpha value is -2.79. The van der Waals surface area contributed by atoms with Crippen molar-refractivity contribution in [3.8, 4) is 5.75 Å². The van der Waals surface area contributed by atoms with Crippen molar-refractivity contribution in [2.24, 2.45) is 0 Å². The van der Waals surface area contributed by atoms with Crippen molar-refractivity contribution in [2.75, 3.05) is 31.3 Å². The lowest BCUT2D eigenvalue weighted by atomic mass is 10.1. The standard InChI is InChI=1S/C19H22F3N3O4S/c1-12-9-16(30(27,28)25(3)4)10-17(13(12)2)23-11-18(26)24-14-5-7-15(8-6-14)29-19(20,21)22/h5-10,23H,11H2,1-4H3,(H,24,26). The number of hydrogen-bond donors (Lipinski definition) is 2. The van der Waals surface area contributed by atoms with Crippen LogP contribution in [0.5, 0.6) is 5.75 Å². The van der Waals surface area contributed by atoms with Gasteiger partial charge in [-0.1, -0.05) is 0 Å². The van der Waals surface area contributed by atoms with Gasteiger partial charge < -0.3 is 15.4 Å². The van der Waals surface area contributed by atoms with E-state index < -0.39 is 28.0 Å². The third-order valence-corrected chi connectivity index (χ3v) is 6.02. The fourth-order valence-electron chi connectivity index (χ4n) is 2.49. The molecule has 11 heteroatoms. The SMILES string of the molecule is Cc1cc(S(=O)(=O)N(C)C)cc(NCC(=O)Nc2ccc(OC(F)(F)F)cc2)c1C. The van der Waals surface area contributed by atoms with Crippen molar-refractivity contribution in [3.05, 3.63) is 47.5 Å². The molecule has 0 aliphatic carbocycles. The van der Waals surface area contributed by atoms with Gasteiger partial charge in [0, 0.05) is 25.5 Å². The zero-order valence-electron chi connectivity index (χ0n) is 16.8. The van der Waals surface area contributed by atoms with Gasteiger partial charge in [-0.05, 0) is 61.4 Å². The number of halogens is 3. The first-order valence-electron chi connectivity index (χ1n) is 8.73. The lowest BCUT2D eigenvalue weighted by Gasteiger charge is -2.17. The Morgan fingerprint density at radius 2 is 1.70 bits per heavy atom. The molecular weight excluding hydrogens is 423 g/mol. The van der Waals surface area contributed by atoms with Crippen molar-refractivity contribution >= 4 is 27.3 Å². The first kappa shape index (κ1) is 23.5. The van der Waals surface area contributed by atoms with E-state index in [-0.39, 0.29) is 17.1 Å². The van der Waals surface area contributed by atoms with Crippen molar-refractivity contribution in [1.29, 1.82) is 0 Å². The van der Waals surface area contributed by atoms with E-state index >= 15 is 0 Å². The van der Waals surface area contributed by atoms with Crippen molar-refractivity contribution in [2.45, 2.75) is 25.1 Å². The number of carbonyl (C=O) groups is 1. The van der Waals surface area contributed by atoms with E-state index in [2.05, 4.69) is 15.4 Å². The number of alkyl halides is 3. The highest BCUT2D eigenvalue weighted by atomic mass is 32.2. The monoisotopic (exact) mass is 445 g/mol. The number of ether oxygens (including phenoxy) is 1. The third-order valence-electron chi connectivity index (χ3n) is 4.23. The molecule has 0 saturated heterocycles. The van der Waals surface area contributed by atoms with E-state index in [9.17, 15) is 26.4 Å². The topological polar surface area (TPSA) is 87.7 Å². The molecule has 2 aromatic rings. The van der Waals surface area contributed by atoms with Gasteiger partial charge in [0.05, 0.1) is 11.4 Å². The number of benzene rings is 2. The van der Waals surface area contributed by atoms with Crippen LogP contribution < -0.4 is 15.4 Å². The van der Waals surface area contributed by atoms with E-state index in [0.717, 1.165) is 27.6 Å². The van der Waals surface area contributed by atoms with Crippen molar-refractivity contribution < 1.29 is 31.1 Å². The summed E-state index contributed by atoms with van der Waals surface area (Å²) in [6.45, 7) is 3.38. The normalized spacial score (nSPS) is 12.0. The zero-order chi connectivity index (χ0) is 22.7. The Bertz CT molecular complexity index is 1020. The average Bonchev–Trinajstić information content (AvgIpc) is 2.63. The Morgan fingerprint density at radius 1 is 1.10 bits per heavy atom. The average molecular weight is 445 g/mol. The first-order chi connectivity index (χ1) is 13.8. The largest absolute Gasteiger partial charge is 0.573 e. The lowest BCUT2D eigenvalue weighted by Crippen LogP contribution is -2.24. The predicted molar refractivity (Wildman–Crippen MR) is 107 cm³/mol. The zero-order valence-corrected chi connectivity index (χ0v) is 17.6. The van der Waals surface area contributed by atoms with E-state index in [1.54, 1.807) is 19.9 Å². The van der Waals surface area contributed by atoms with E-state index in [1.165, 1.54) is 32.3 Å². The van der Waals surface area contributed by atoms with Crippen LogP contribution in [0.2, 0.25) is 0 Å². The highest BCUT2D eigenvalue weighted by Crippen LogP contribution is 2.26. The highest BCUT2D eigenvalue weighted by molar-refractivity contribution is 7.89. The van der Waals surface area contributed by atoms with Crippen molar-refractivity contribution in [3.63, 3.8) is 0 Å². The van der Waals surface area contributed by atoms with Crippen LogP contribution in [0, 0.1) is 13.8 Å². The second-order valence-electron chi connectivity index (χ2n) is 6.67. The van der Waals surface area contributed by atoms with E-state index in [4.69, 9.17) is 0 Å². The molecule has 0 bridgehead atoms. The lowest BCUT2D eigenvalue weighted by molar-refractivity contribution is -0.274. The van der Waals surface area contributed by atoms with Gasteiger partial charge in [0.2, 0.25) is 15.9 Å². The van der Waals surface area contributed by atoms with Gasteiger partial charge in [-0.3, -0.25) is 4.79 Å². The van der Waals surface area contributed by atoms with Crippen LogP contribution in [0.15, 0.2) is 41.3 Å². The van der Waals surface area contributed by atoms with Crippen LogP contribution in [0.3, 0.4) is 0 Å². The van der Waals surface area contributed by atoms with Gasteiger partial charge in [0.1, 0.15) is 5.75 Å². The van der Waals surface area contributed by atoms with Gasteiger partial charge in [-0.2, -0.15) is 0 Å². The van der Waals surface area contributed by atoms with Crippen LogP contribution in [0.4, 0.5) is 24.5 Å². The fraction of sp³-hybridized carbons (Fsp3) is 0.316. The van der Waals surface area contributed by atoms with E-state index in [1.807, 2.05) is 0 Å². The molecule has 0 spiro atoms. The molecule has 2 N–H and O–H groups in total. The van der Waals surface area contributed by atoms with Gasteiger partial charge in [0.15, 0.2) is 0 Å². The van der Waals surface area contributed by atoms with Gasteiger partial charge in [0.25, 0.3) is 0 Å². The summed E-state index contributed by atoms with van der Waals surface area (Å²) in [5, 5.41) is 5.43. The minimum Gasteiger partial charge on any atom is -0.406 e. The molecule has 0 unspecified atom stereocenters. The Labute approximate surface area is 172 Å². The molecule has 2 aromatic carbocycles. The van der Waals surface area contributed by atoms with Crippen LogP contribution >= 0.6 is 0 Å². The summed E-state index contributed by atoms with van der Waals surface area (Å²) in [5.41, 5.74) is 2.29. The number of amides is 1. The molecule has 0 aromatic heterocycles. The number of nitrogens with zero attached hydrogens (tertiary/aromatic N) is 1. The van der Waals surface area contributed by atoms with Gasteiger partial charge in [-0.25, -0.2) is 12.7 Å². The second kappa shape index (κ2) is 8.92. The molecule has 7 nitrogen and oxygen atoms in total. The summed E-state index contributed by atoms with van der Waals surface area (Å²) in [6, 6.07) is 7.73. The Kier molecular flexibility index (Phi) is 6.99. The molecule has 0 aliphatic rings. The maximum Gasteiger partial charge on any atom is 0.573 e. The number of nitrogens with one attached hydrogen (secondary N) is 2. The van der Waals surface area contributed by atoms with Crippen LogP contribution in [-0.2, 0) is 14.8 Å². The van der Waals surface area contributed by atoms with Crippen LogP contribution in [-0.4, -0.2) is 45.6 Å². The number of rotatable bonds is 7. The Balaban J connectivity index is 2.07. The molecule has 0 heterocycles. The molecule has 0 saturated carbocycles. The fourth-order valence-corrected chi connectivity index (χ4v) is 3.50. The quantitative estimate of drug-likeness (QED) is 0.681. The van der Waals surface area contributed by atoms with Crippen LogP contribution in [0.25, 0.3) is 0 Å². The first-order valence-corrected chi connectivity index (χ1v) is 10.2. The minimum atomic E-state index is -4.79. The van der Waals surface area contributed by atoms with E-state index in [0.29, 0.717) is 5.69 Å². The smallest absolute Gasteiger partial charge is 0.406 e. The molecule has 0 fully saturated rings. The molecule has 164 valence electrons. The number of carbonyl (C=O) groups excluding carboxylic acids is 1. The summed E-state index contributed by atoms with van der Waals surface area (Å²) in [7, 11) is -0.789. The molecule has 2 rings (SSSR count). The highest BCUT2D eigenvalue weighted by Gasteiger charge is 2.31. The molecular formula is C19H22F3N3O4S. The minimum absolute atomic E-state index is 0.0961. The molecule has 1 amide bonds. The second-order valence-corrected chi connectivity index (χ2v) is 8.83. The number of aryl methyl sites for hydroxylation is 1. The summed E-state index contributed by atoms with van der Waals surface area (Å²) in [4.78, 5) is 12.3. The molecule has 0 aliphatic heterocycles. The number of sulfonamides is 1. The molecule has 30 heavy (non-hydrogen) atoms. The van der Waals surface area contributed by atoms with Gasteiger partial charge in [-0.15, -0.1) is 13.2 Å². The summed E-state index contributed by atoms with van der Waals surface area (Å²) in [6.07, 6.45) is -4.79. The number of anilines is 2. The third kappa shape index (κ3) is 6.10. The maximum atomic E-state index is 12.4. The molecule has 0 atom stereocenters. The van der Waals surface area contributed by atoms with Gasteiger partial charge >= 0.3 is 6.36 Å². The Morgan fingerprint density at radius 3 is 2.23 bits per heavy atom. The summed E-state index contributed by atoms with van der Waals surface area (Å²) < 4.78 is 66.2. The summed E-state index contributed by atoms with van der Waals surface area (Å²) >= 11 is 0. The maximum absolute atomic E-state index is 12.4. The van der Waals surface area contributed by atoms with Crippen LogP contribution in [0.1, 0.15) is 11.1 Å². The number of hydrogen-bond acceptors (Lipinski definition) is 5. The van der Waals surface area contributed by atoms with Crippen molar-refractivity contribution in [1.82, 2.24) is 4.31 Å². The summed E-state index contributed by atoms with van der Waals surface area (Å²) in [5.74, 6) is -0.860.